The standard InChI is InChI=1S/C42H51N7O8/c1-23(2)34(46-41(53)55-4)39(51)48-18-6-8-32(48)37-30-22-57-21-29(30)36(45-37)28-16-12-26(13-17-28)25-10-14-27(15-11-25)31-20-43-38(44-31)33-9-7-19-49(33)40(52)35(24(3)50)47-42(54)56-5/h10-17,20,23-24,32-35,45,50H,6-9,18-19,21-22H2,1-5H3,(H,43,44)(H,46,53)(H,47,54)/t24-,32+,33+,34+,35+/m1/s1. The van der Waals surface area contributed by atoms with Gasteiger partial charge in [-0.1, -0.05) is 62.4 Å². The number of methoxy groups -OCH3 is 2. The molecule has 15 nitrogen and oxygen atoms in total. The van der Waals surface area contributed by atoms with Crippen LogP contribution in [0.3, 0.4) is 0 Å². The number of amides is 4. The number of rotatable bonds is 11. The zero-order valence-electron chi connectivity index (χ0n) is 33.0. The van der Waals surface area contributed by atoms with E-state index in [1.54, 1.807) is 11.1 Å². The molecule has 7 rings (SSSR count). The maximum atomic E-state index is 13.8. The molecule has 0 bridgehead atoms. The van der Waals surface area contributed by atoms with Crippen LogP contribution >= 0.6 is 0 Å². The van der Waals surface area contributed by atoms with Crippen LogP contribution in [0.25, 0.3) is 33.6 Å². The van der Waals surface area contributed by atoms with Gasteiger partial charge in [0.1, 0.15) is 17.9 Å². The molecule has 4 aromatic rings. The molecule has 57 heavy (non-hydrogen) atoms. The topological polar surface area (TPSA) is 191 Å². The Kier molecular flexibility index (Phi) is 11.7. The number of carbonyl (C=O) groups is 4. The molecule has 5 atom stereocenters. The number of nitrogens with zero attached hydrogens (tertiary/aromatic N) is 3. The first-order chi connectivity index (χ1) is 27.5. The summed E-state index contributed by atoms with van der Waals surface area (Å²) in [7, 11) is 2.51. The Morgan fingerprint density at radius 1 is 0.754 bits per heavy atom. The summed E-state index contributed by atoms with van der Waals surface area (Å²) in [6.45, 7) is 7.34. The van der Waals surface area contributed by atoms with E-state index in [4.69, 9.17) is 9.47 Å². The van der Waals surface area contributed by atoms with Gasteiger partial charge in [-0.2, -0.15) is 0 Å². The summed E-state index contributed by atoms with van der Waals surface area (Å²) in [6, 6.07) is 14.3. The molecule has 2 aromatic heterocycles. The number of hydrogen-bond donors (Lipinski definition) is 5. The average molecular weight is 782 g/mol. The zero-order chi connectivity index (χ0) is 40.4. The summed E-state index contributed by atoms with van der Waals surface area (Å²) < 4.78 is 15.4. The third-order valence-corrected chi connectivity index (χ3v) is 11.4. The molecule has 5 N–H and O–H groups in total. The number of aliphatic hydroxyl groups is 1. The SMILES string of the molecule is COC(=O)N[C@H](C(=O)N1CCC[C@H]1c1[nH]c(-c2ccc(-c3ccc(-c4cnc([C@@H]5CCCN5C(=O)[C@@H](NC(=O)OC)[C@@H](C)O)[nH]4)cc3)cc2)c2c1COC2)C(C)C. The van der Waals surface area contributed by atoms with Gasteiger partial charge in [0.2, 0.25) is 11.8 Å². The Hall–Kier alpha value is -5.67. The van der Waals surface area contributed by atoms with Crippen LogP contribution in [0, 0.1) is 5.92 Å². The third-order valence-electron chi connectivity index (χ3n) is 11.4. The number of aromatic amines is 2. The molecule has 3 aliphatic rings. The van der Waals surface area contributed by atoms with E-state index < -0.39 is 30.4 Å². The number of ether oxygens (including phenoxy) is 3. The fourth-order valence-corrected chi connectivity index (χ4v) is 8.31. The maximum absolute atomic E-state index is 13.8. The molecule has 0 saturated carbocycles. The predicted octanol–water partition coefficient (Wildman–Crippen LogP) is 5.58. The molecule has 4 amide bonds. The number of hydrogen-bond acceptors (Lipinski definition) is 9. The van der Waals surface area contributed by atoms with Crippen LogP contribution in [0.2, 0.25) is 0 Å². The summed E-state index contributed by atoms with van der Waals surface area (Å²) in [5, 5.41) is 15.4. The minimum Gasteiger partial charge on any atom is -0.453 e. The Balaban J connectivity index is 1.05. The lowest BCUT2D eigenvalue weighted by molar-refractivity contribution is -0.137. The van der Waals surface area contributed by atoms with Gasteiger partial charge in [0.25, 0.3) is 0 Å². The van der Waals surface area contributed by atoms with Gasteiger partial charge in [-0.25, -0.2) is 14.6 Å². The summed E-state index contributed by atoms with van der Waals surface area (Å²) in [4.78, 5) is 66.4. The van der Waals surface area contributed by atoms with Crippen LogP contribution in [0.1, 0.15) is 81.2 Å². The Labute approximate surface area is 331 Å². The first kappa shape index (κ1) is 39.6. The fourth-order valence-electron chi connectivity index (χ4n) is 8.31. The van der Waals surface area contributed by atoms with Crippen LogP contribution in [-0.2, 0) is 37.0 Å². The summed E-state index contributed by atoms with van der Waals surface area (Å²) >= 11 is 0. The molecule has 3 aliphatic heterocycles. The van der Waals surface area contributed by atoms with Crippen molar-refractivity contribution in [1.82, 2.24) is 35.4 Å². The van der Waals surface area contributed by atoms with Gasteiger partial charge in [0.05, 0.1) is 63.2 Å². The molecular formula is C42H51N7O8. The first-order valence-electron chi connectivity index (χ1n) is 19.5. The van der Waals surface area contributed by atoms with Crippen molar-refractivity contribution in [3.63, 3.8) is 0 Å². The monoisotopic (exact) mass is 781 g/mol. The summed E-state index contributed by atoms with van der Waals surface area (Å²) in [5.74, 6) is 0.0290. The van der Waals surface area contributed by atoms with Gasteiger partial charge in [0.15, 0.2) is 0 Å². The minimum atomic E-state index is -1.13. The Morgan fingerprint density at radius 2 is 1.28 bits per heavy atom. The van der Waals surface area contributed by atoms with E-state index >= 15 is 0 Å². The van der Waals surface area contributed by atoms with Crippen molar-refractivity contribution in [1.29, 1.82) is 0 Å². The lowest BCUT2D eigenvalue weighted by Crippen LogP contribution is -2.53. The van der Waals surface area contributed by atoms with Gasteiger partial charge in [-0.05, 0) is 60.8 Å². The van der Waals surface area contributed by atoms with E-state index in [9.17, 15) is 24.3 Å². The second-order valence-corrected chi connectivity index (χ2v) is 15.3. The van der Waals surface area contributed by atoms with Crippen molar-refractivity contribution in [2.24, 2.45) is 5.92 Å². The number of likely N-dealkylation sites (tertiary alicyclic amines) is 2. The highest BCUT2D eigenvalue weighted by atomic mass is 16.5. The van der Waals surface area contributed by atoms with E-state index in [0.717, 1.165) is 69.7 Å². The molecule has 2 fully saturated rings. The normalized spacial score (nSPS) is 19.3. The number of benzene rings is 2. The van der Waals surface area contributed by atoms with E-state index in [0.29, 0.717) is 38.5 Å². The summed E-state index contributed by atoms with van der Waals surface area (Å²) in [6.07, 6.45) is 2.39. The summed E-state index contributed by atoms with van der Waals surface area (Å²) in [5.41, 5.74) is 9.07. The van der Waals surface area contributed by atoms with Crippen molar-refractivity contribution in [2.75, 3.05) is 27.3 Å². The van der Waals surface area contributed by atoms with Crippen molar-refractivity contribution in [2.45, 2.75) is 89.9 Å². The van der Waals surface area contributed by atoms with Gasteiger partial charge in [-0.15, -0.1) is 0 Å². The Bertz CT molecular complexity index is 2090. The number of nitrogens with one attached hydrogen (secondary N) is 4. The second kappa shape index (κ2) is 16.8. The highest BCUT2D eigenvalue weighted by Gasteiger charge is 2.40. The maximum Gasteiger partial charge on any atom is 0.407 e. The Morgan fingerprint density at radius 3 is 1.88 bits per heavy atom. The van der Waals surface area contributed by atoms with Crippen LogP contribution in [-0.4, -0.2) is 99.4 Å². The third kappa shape index (κ3) is 7.99. The molecule has 0 aliphatic carbocycles. The van der Waals surface area contributed by atoms with Crippen LogP contribution in [0.5, 0.6) is 0 Å². The molecule has 2 saturated heterocycles. The molecule has 0 spiro atoms. The molecule has 5 heterocycles. The quantitative estimate of drug-likeness (QED) is 0.129. The van der Waals surface area contributed by atoms with Crippen LogP contribution < -0.4 is 10.6 Å². The zero-order valence-corrected chi connectivity index (χ0v) is 33.0. The second-order valence-electron chi connectivity index (χ2n) is 15.3. The molecule has 0 unspecified atom stereocenters. The van der Waals surface area contributed by atoms with Gasteiger partial charge in [0, 0.05) is 29.9 Å². The number of imidazole rings is 1. The highest BCUT2D eigenvalue weighted by molar-refractivity contribution is 5.87. The van der Waals surface area contributed by atoms with E-state index in [1.165, 1.54) is 21.1 Å². The number of aliphatic hydroxyl groups excluding tert-OH is 1. The molecule has 302 valence electrons. The molecular weight excluding hydrogens is 731 g/mol. The highest BCUT2D eigenvalue weighted by Crippen LogP contribution is 2.42. The van der Waals surface area contributed by atoms with Crippen LogP contribution in [0.15, 0.2) is 54.7 Å². The smallest absolute Gasteiger partial charge is 0.407 e. The lowest BCUT2D eigenvalue weighted by Gasteiger charge is -2.31. The number of aromatic nitrogens is 3. The average Bonchev–Trinajstić information content (AvgIpc) is 4.07. The van der Waals surface area contributed by atoms with Crippen molar-refractivity contribution in [3.05, 3.63) is 77.4 Å². The number of carbonyl (C=O) groups excluding carboxylic acids is 4. The largest absolute Gasteiger partial charge is 0.453 e. The minimum absolute atomic E-state index is 0.110. The lowest BCUT2D eigenvalue weighted by atomic mass is 9.99. The van der Waals surface area contributed by atoms with Crippen molar-refractivity contribution in [3.8, 4) is 33.6 Å². The van der Waals surface area contributed by atoms with Crippen molar-refractivity contribution >= 4 is 24.0 Å². The first-order valence-corrected chi connectivity index (χ1v) is 19.5. The van der Waals surface area contributed by atoms with E-state index in [1.807, 2.05) is 30.9 Å². The van der Waals surface area contributed by atoms with E-state index in [-0.39, 0.29) is 29.8 Å². The molecule has 15 heteroatoms. The predicted molar refractivity (Wildman–Crippen MR) is 210 cm³/mol. The van der Waals surface area contributed by atoms with Crippen molar-refractivity contribution < 1.29 is 38.5 Å². The van der Waals surface area contributed by atoms with Gasteiger partial charge >= 0.3 is 12.2 Å². The van der Waals surface area contributed by atoms with Crippen LogP contribution in [0.4, 0.5) is 9.59 Å². The van der Waals surface area contributed by atoms with Gasteiger partial charge in [-0.3, -0.25) is 9.59 Å². The molecule has 0 radical (unpaired) electrons. The van der Waals surface area contributed by atoms with E-state index in [2.05, 4.69) is 66.7 Å². The number of H-pyrrole nitrogens is 2. The van der Waals surface area contributed by atoms with Gasteiger partial charge < -0.3 is 49.7 Å². The number of fused-ring (bicyclic) bond motifs is 1. The molecule has 2 aromatic carbocycles. The number of alkyl carbamates (subject to hydrolysis) is 2. The fraction of sp³-hybridized carbons (Fsp3) is 0.452.